The highest BCUT2D eigenvalue weighted by molar-refractivity contribution is 5.70. The fraction of sp³-hybridized carbons (Fsp3) is 0.700. The third-order valence-corrected chi connectivity index (χ3v) is 2.36. The van der Waals surface area contributed by atoms with Crippen molar-refractivity contribution in [3.63, 3.8) is 0 Å². The molecule has 1 unspecified atom stereocenters. The van der Waals surface area contributed by atoms with E-state index in [1.54, 1.807) is 0 Å². The molecule has 3 heteroatoms. The summed E-state index contributed by atoms with van der Waals surface area (Å²) in [7, 11) is 0. The fourth-order valence-corrected chi connectivity index (χ4v) is 1.62. The minimum Gasteiger partial charge on any atom is -0.481 e. The molecule has 74 valence electrons. The lowest BCUT2D eigenvalue weighted by molar-refractivity contribution is -0.142. The molecule has 1 atom stereocenters. The molecule has 1 rings (SSSR count). The summed E-state index contributed by atoms with van der Waals surface area (Å²) >= 11 is 0. The van der Waals surface area contributed by atoms with Crippen LogP contribution in [0.5, 0.6) is 0 Å². The number of hydrogen-bond acceptors (Lipinski definition) is 2. The van der Waals surface area contributed by atoms with Crippen LogP contribution in [0.25, 0.3) is 0 Å². The normalized spacial score (nSPS) is 19.2. The van der Waals surface area contributed by atoms with Crippen LogP contribution in [0.4, 0.5) is 0 Å². The highest BCUT2D eigenvalue weighted by Gasteiger charge is 2.20. The zero-order valence-corrected chi connectivity index (χ0v) is 8.07. The molecular weight excluding hydrogens is 166 g/mol. The molecule has 1 N–H and O–H groups in total. The Labute approximate surface area is 79.0 Å². The Hall–Kier alpha value is -0.830. The Bertz CT molecular complexity index is 193. The zero-order valence-electron chi connectivity index (χ0n) is 8.07. The van der Waals surface area contributed by atoms with Gasteiger partial charge in [-0.25, -0.2) is 0 Å². The Morgan fingerprint density at radius 1 is 1.54 bits per heavy atom. The summed E-state index contributed by atoms with van der Waals surface area (Å²) in [5.74, 6) is -0.848. The molecule has 1 aliphatic rings. The largest absolute Gasteiger partial charge is 0.481 e. The average molecular weight is 183 g/mol. The predicted octanol–water partition coefficient (Wildman–Crippen LogP) is 1.36. The lowest BCUT2D eigenvalue weighted by atomic mass is 10.0. The molecule has 0 saturated carbocycles. The molecule has 0 radical (unpaired) electrons. The summed E-state index contributed by atoms with van der Waals surface area (Å²) < 4.78 is 0. The first-order valence-electron chi connectivity index (χ1n) is 4.84. The zero-order chi connectivity index (χ0) is 9.68. The van der Waals surface area contributed by atoms with Crippen LogP contribution in [0.15, 0.2) is 12.2 Å². The van der Waals surface area contributed by atoms with Gasteiger partial charge in [-0.3, -0.25) is 9.69 Å². The van der Waals surface area contributed by atoms with E-state index in [1.807, 2.05) is 6.92 Å². The van der Waals surface area contributed by atoms with Crippen molar-refractivity contribution in [2.75, 3.05) is 19.6 Å². The first kappa shape index (κ1) is 10.3. The Kier molecular flexibility index (Phi) is 3.96. The predicted molar refractivity (Wildman–Crippen MR) is 51.6 cm³/mol. The summed E-state index contributed by atoms with van der Waals surface area (Å²) in [6.45, 7) is 4.54. The minimum absolute atomic E-state index is 0.190. The maximum Gasteiger partial charge on any atom is 0.307 e. The second-order valence-electron chi connectivity index (χ2n) is 3.51. The maximum atomic E-state index is 10.8. The van der Waals surface area contributed by atoms with Gasteiger partial charge >= 0.3 is 5.97 Å². The third kappa shape index (κ3) is 3.19. The fourth-order valence-electron chi connectivity index (χ4n) is 1.62. The number of carboxylic acids is 1. The molecule has 1 heterocycles. The number of nitrogens with zero attached hydrogens (tertiary/aromatic N) is 1. The van der Waals surface area contributed by atoms with E-state index in [0.29, 0.717) is 6.54 Å². The van der Waals surface area contributed by atoms with Gasteiger partial charge < -0.3 is 5.11 Å². The molecule has 0 fully saturated rings. The Balaban J connectivity index is 2.33. The van der Waals surface area contributed by atoms with Crippen LogP contribution in [0.1, 0.15) is 19.8 Å². The molecule has 0 amide bonds. The third-order valence-electron chi connectivity index (χ3n) is 2.36. The molecule has 1 aliphatic heterocycles. The molecule has 13 heavy (non-hydrogen) atoms. The van der Waals surface area contributed by atoms with Crippen molar-refractivity contribution < 1.29 is 9.90 Å². The first-order valence-corrected chi connectivity index (χ1v) is 4.84. The van der Waals surface area contributed by atoms with Crippen molar-refractivity contribution in [2.45, 2.75) is 19.8 Å². The number of carbonyl (C=O) groups is 1. The first-order chi connectivity index (χ1) is 6.24. The van der Waals surface area contributed by atoms with E-state index in [1.165, 1.54) is 0 Å². The lowest BCUT2D eigenvalue weighted by Crippen LogP contribution is -2.31. The monoisotopic (exact) mass is 183 g/mol. The molecule has 0 saturated heterocycles. The van der Waals surface area contributed by atoms with Gasteiger partial charge in [0.15, 0.2) is 0 Å². The average Bonchev–Trinajstić information content (AvgIpc) is 2.56. The molecule has 0 bridgehead atoms. The molecule has 0 aromatic rings. The Morgan fingerprint density at radius 3 is 2.62 bits per heavy atom. The maximum absolute atomic E-state index is 10.8. The van der Waals surface area contributed by atoms with Gasteiger partial charge in [-0.1, -0.05) is 25.5 Å². The van der Waals surface area contributed by atoms with E-state index in [4.69, 9.17) is 5.11 Å². The lowest BCUT2D eigenvalue weighted by Gasteiger charge is -2.19. The SMILES string of the molecule is CCCC(CN1CC=CC1)C(=O)O. The van der Waals surface area contributed by atoms with Gasteiger partial charge in [-0.15, -0.1) is 0 Å². The van der Waals surface area contributed by atoms with Crippen LogP contribution >= 0.6 is 0 Å². The second-order valence-corrected chi connectivity index (χ2v) is 3.51. The smallest absolute Gasteiger partial charge is 0.307 e. The molecule has 3 nitrogen and oxygen atoms in total. The molecule has 0 spiro atoms. The van der Waals surface area contributed by atoms with Crippen LogP contribution in [0.2, 0.25) is 0 Å². The summed E-state index contributed by atoms with van der Waals surface area (Å²) in [4.78, 5) is 13.0. The molecular formula is C10H17NO2. The van der Waals surface area contributed by atoms with Gasteiger partial charge in [0.25, 0.3) is 0 Å². The molecule has 0 aliphatic carbocycles. The Morgan fingerprint density at radius 2 is 2.15 bits per heavy atom. The minimum atomic E-state index is -0.659. The van der Waals surface area contributed by atoms with E-state index >= 15 is 0 Å². The van der Waals surface area contributed by atoms with Crippen molar-refractivity contribution in [1.82, 2.24) is 4.90 Å². The number of rotatable bonds is 5. The van der Waals surface area contributed by atoms with Gasteiger partial charge in [0.05, 0.1) is 5.92 Å². The van der Waals surface area contributed by atoms with E-state index in [2.05, 4.69) is 17.1 Å². The van der Waals surface area contributed by atoms with E-state index < -0.39 is 5.97 Å². The van der Waals surface area contributed by atoms with Crippen LogP contribution in [0.3, 0.4) is 0 Å². The van der Waals surface area contributed by atoms with Gasteiger partial charge in [-0.2, -0.15) is 0 Å². The van der Waals surface area contributed by atoms with Crippen molar-refractivity contribution >= 4 is 5.97 Å². The van der Waals surface area contributed by atoms with Gasteiger partial charge in [0.2, 0.25) is 0 Å². The van der Waals surface area contributed by atoms with Gasteiger partial charge in [0.1, 0.15) is 0 Å². The standard InChI is InChI=1S/C10H17NO2/c1-2-5-9(10(12)13)8-11-6-3-4-7-11/h3-4,9H,2,5-8H2,1H3,(H,12,13). The van der Waals surface area contributed by atoms with Crippen LogP contribution in [-0.4, -0.2) is 35.6 Å². The van der Waals surface area contributed by atoms with Crippen molar-refractivity contribution in [3.8, 4) is 0 Å². The van der Waals surface area contributed by atoms with Crippen LogP contribution < -0.4 is 0 Å². The number of hydrogen-bond donors (Lipinski definition) is 1. The quantitative estimate of drug-likeness (QED) is 0.654. The van der Waals surface area contributed by atoms with E-state index in [-0.39, 0.29) is 5.92 Å². The van der Waals surface area contributed by atoms with Crippen molar-refractivity contribution in [2.24, 2.45) is 5.92 Å². The topological polar surface area (TPSA) is 40.5 Å². The van der Waals surface area contributed by atoms with Gasteiger partial charge in [0, 0.05) is 19.6 Å². The van der Waals surface area contributed by atoms with Crippen molar-refractivity contribution in [1.29, 1.82) is 0 Å². The highest BCUT2D eigenvalue weighted by atomic mass is 16.4. The van der Waals surface area contributed by atoms with Gasteiger partial charge in [-0.05, 0) is 6.42 Å². The van der Waals surface area contributed by atoms with E-state index in [9.17, 15) is 4.79 Å². The van der Waals surface area contributed by atoms with E-state index in [0.717, 1.165) is 25.9 Å². The second kappa shape index (κ2) is 5.02. The molecule has 0 aromatic carbocycles. The summed E-state index contributed by atoms with van der Waals surface area (Å²) in [5.41, 5.74) is 0. The summed E-state index contributed by atoms with van der Waals surface area (Å²) in [6.07, 6.45) is 5.90. The summed E-state index contributed by atoms with van der Waals surface area (Å²) in [6, 6.07) is 0. The summed E-state index contributed by atoms with van der Waals surface area (Å²) in [5, 5.41) is 8.92. The number of aliphatic carboxylic acids is 1. The van der Waals surface area contributed by atoms with Crippen LogP contribution in [0, 0.1) is 5.92 Å². The van der Waals surface area contributed by atoms with Crippen LogP contribution in [-0.2, 0) is 4.79 Å². The number of carboxylic acid groups (broad SMARTS) is 1. The van der Waals surface area contributed by atoms with Crippen molar-refractivity contribution in [3.05, 3.63) is 12.2 Å². The highest BCUT2D eigenvalue weighted by Crippen LogP contribution is 2.11. The molecule has 0 aromatic heterocycles.